The maximum atomic E-state index is 11.0. The van der Waals surface area contributed by atoms with E-state index < -0.39 is 4.92 Å². The molecule has 122 valence electrons. The van der Waals surface area contributed by atoms with Crippen LogP contribution in [0.5, 0.6) is 0 Å². The van der Waals surface area contributed by atoms with E-state index in [1.54, 1.807) is 12.1 Å². The van der Waals surface area contributed by atoms with Gasteiger partial charge < -0.3 is 9.64 Å². The van der Waals surface area contributed by atoms with Gasteiger partial charge in [-0.25, -0.2) is 0 Å². The van der Waals surface area contributed by atoms with Gasteiger partial charge in [-0.3, -0.25) is 10.1 Å². The molecule has 1 spiro atoms. The van der Waals surface area contributed by atoms with Crippen molar-refractivity contribution in [3.05, 3.63) is 33.9 Å². The number of hydrogen-bond donors (Lipinski definition) is 0. The molecule has 0 N–H and O–H groups in total. The van der Waals surface area contributed by atoms with E-state index in [2.05, 4.69) is 18.7 Å². The Hall–Kier alpha value is -2.13. The summed E-state index contributed by atoms with van der Waals surface area (Å²) in [6, 6.07) is 6.73. The number of benzene rings is 1. The molecule has 0 aromatic heterocycles. The monoisotopic (exact) mass is 315 g/mol. The van der Waals surface area contributed by atoms with Gasteiger partial charge in [-0.2, -0.15) is 5.26 Å². The highest BCUT2D eigenvalue weighted by atomic mass is 16.6. The van der Waals surface area contributed by atoms with E-state index >= 15 is 0 Å². The van der Waals surface area contributed by atoms with Crippen LogP contribution in [0.3, 0.4) is 0 Å². The van der Waals surface area contributed by atoms with E-state index in [-0.39, 0.29) is 22.5 Å². The zero-order valence-electron chi connectivity index (χ0n) is 13.5. The number of nitro benzene ring substituents is 1. The summed E-state index contributed by atoms with van der Waals surface area (Å²) in [5.74, 6) is 0. The van der Waals surface area contributed by atoms with Crippen molar-refractivity contribution >= 4 is 11.4 Å². The van der Waals surface area contributed by atoms with Gasteiger partial charge in [-0.15, -0.1) is 0 Å². The molecule has 1 aliphatic carbocycles. The Morgan fingerprint density at radius 2 is 2.00 bits per heavy atom. The van der Waals surface area contributed by atoms with Crippen LogP contribution in [0.4, 0.5) is 11.4 Å². The minimum Gasteiger partial charge on any atom is -0.366 e. The maximum absolute atomic E-state index is 11.0. The van der Waals surface area contributed by atoms with Crippen molar-refractivity contribution in [1.29, 1.82) is 5.26 Å². The Balaban J connectivity index is 1.94. The number of morpholine rings is 1. The average molecular weight is 315 g/mol. The molecule has 6 heteroatoms. The highest BCUT2D eigenvalue weighted by Crippen LogP contribution is 2.42. The van der Waals surface area contributed by atoms with Gasteiger partial charge in [0.05, 0.1) is 16.1 Å². The van der Waals surface area contributed by atoms with Crippen molar-refractivity contribution in [1.82, 2.24) is 0 Å². The van der Waals surface area contributed by atoms with Gasteiger partial charge >= 0.3 is 0 Å². The van der Waals surface area contributed by atoms with Crippen molar-refractivity contribution in [2.45, 2.75) is 50.7 Å². The lowest BCUT2D eigenvalue weighted by atomic mass is 9.93. The van der Waals surface area contributed by atoms with E-state index in [0.29, 0.717) is 6.54 Å². The minimum absolute atomic E-state index is 0.109. The fourth-order valence-electron chi connectivity index (χ4n) is 3.95. The molecule has 3 rings (SSSR count). The number of ether oxygens (including phenoxy) is 1. The van der Waals surface area contributed by atoms with E-state index in [1.165, 1.54) is 18.9 Å². The molecule has 1 heterocycles. The van der Waals surface area contributed by atoms with E-state index in [0.717, 1.165) is 25.1 Å². The molecule has 0 bridgehead atoms. The van der Waals surface area contributed by atoms with Crippen LogP contribution in [0.15, 0.2) is 18.2 Å². The fraction of sp³-hybridized carbons (Fsp3) is 0.588. The summed E-state index contributed by atoms with van der Waals surface area (Å²) in [6.07, 6.45) is 4.44. The van der Waals surface area contributed by atoms with Crippen LogP contribution >= 0.6 is 0 Å². The second kappa shape index (κ2) is 5.50. The summed E-state index contributed by atoms with van der Waals surface area (Å²) < 4.78 is 6.38. The molecule has 0 atom stereocenters. The van der Waals surface area contributed by atoms with Crippen molar-refractivity contribution < 1.29 is 9.66 Å². The second-order valence-electron chi connectivity index (χ2n) is 7.18. The molecule has 1 aliphatic heterocycles. The molecule has 0 radical (unpaired) electrons. The Kier molecular flexibility index (Phi) is 3.77. The lowest BCUT2D eigenvalue weighted by molar-refractivity contribution is -0.385. The zero-order valence-corrected chi connectivity index (χ0v) is 13.5. The predicted molar refractivity (Wildman–Crippen MR) is 86.4 cm³/mol. The third-order valence-electron chi connectivity index (χ3n) is 4.72. The van der Waals surface area contributed by atoms with Crippen LogP contribution in [0.1, 0.15) is 45.1 Å². The van der Waals surface area contributed by atoms with E-state index in [9.17, 15) is 15.4 Å². The van der Waals surface area contributed by atoms with Gasteiger partial charge in [0, 0.05) is 24.8 Å². The van der Waals surface area contributed by atoms with Crippen molar-refractivity contribution in [2.24, 2.45) is 0 Å². The second-order valence-corrected chi connectivity index (χ2v) is 7.18. The molecule has 1 aromatic rings. The Bertz CT molecular complexity index is 672. The van der Waals surface area contributed by atoms with Gasteiger partial charge in [0.25, 0.3) is 5.69 Å². The van der Waals surface area contributed by atoms with Crippen molar-refractivity contribution in [3.8, 4) is 6.07 Å². The summed E-state index contributed by atoms with van der Waals surface area (Å²) in [5, 5.41) is 20.2. The smallest absolute Gasteiger partial charge is 0.287 e. The van der Waals surface area contributed by atoms with Crippen LogP contribution < -0.4 is 4.90 Å². The first-order chi connectivity index (χ1) is 10.8. The summed E-state index contributed by atoms with van der Waals surface area (Å²) in [5.41, 5.74) is 0.416. The zero-order chi connectivity index (χ0) is 16.7. The van der Waals surface area contributed by atoms with Gasteiger partial charge in [0.2, 0.25) is 0 Å². The standard InChI is InChI=1S/C17H21N3O3/c1-16(2)11-19(12-17(23-16)7-3-4-8-17)14-5-6-15(20(21)22)13(9-14)10-18/h5-6,9H,3-4,7-8,11-12H2,1-2H3. The quantitative estimate of drug-likeness (QED) is 0.617. The first kappa shape index (κ1) is 15.8. The molecule has 0 amide bonds. The summed E-state index contributed by atoms with van der Waals surface area (Å²) in [4.78, 5) is 12.7. The predicted octanol–water partition coefficient (Wildman–Crippen LogP) is 3.39. The van der Waals surface area contributed by atoms with Crippen LogP contribution in [-0.2, 0) is 4.74 Å². The number of anilines is 1. The molecular formula is C17H21N3O3. The molecule has 1 saturated heterocycles. The fourth-order valence-corrected chi connectivity index (χ4v) is 3.95. The van der Waals surface area contributed by atoms with Crippen LogP contribution in [0, 0.1) is 21.4 Å². The molecule has 23 heavy (non-hydrogen) atoms. The van der Waals surface area contributed by atoms with Crippen LogP contribution in [0.2, 0.25) is 0 Å². The highest BCUT2D eigenvalue weighted by molar-refractivity contribution is 5.60. The number of nitrogens with zero attached hydrogens (tertiary/aromatic N) is 3. The van der Waals surface area contributed by atoms with E-state index in [4.69, 9.17) is 4.74 Å². The van der Waals surface area contributed by atoms with Crippen molar-refractivity contribution in [3.63, 3.8) is 0 Å². The van der Waals surface area contributed by atoms with Gasteiger partial charge in [0.1, 0.15) is 11.6 Å². The number of hydrogen-bond acceptors (Lipinski definition) is 5. The normalized spacial score (nSPS) is 22.0. The number of nitro groups is 1. The van der Waals surface area contributed by atoms with E-state index in [1.807, 2.05) is 6.07 Å². The highest BCUT2D eigenvalue weighted by Gasteiger charge is 2.46. The van der Waals surface area contributed by atoms with Crippen LogP contribution in [-0.4, -0.2) is 29.2 Å². The first-order valence-corrected chi connectivity index (χ1v) is 7.98. The van der Waals surface area contributed by atoms with Crippen LogP contribution in [0.25, 0.3) is 0 Å². The first-order valence-electron chi connectivity index (χ1n) is 7.98. The summed E-state index contributed by atoms with van der Waals surface area (Å²) >= 11 is 0. The SMILES string of the molecule is CC1(C)CN(c2ccc([N+](=O)[O-])c(C#N)c2)CC2(CCCC2)O1. The molecule has 2 aliphatic rings. The third kappa shape index (κ3) is 3.02. The van der Waals surface area contributed by atoms with Gasteiger partial charge in [0.15, 0.2) is 0 Å². The third-order valence-corrected chi connectivity index (χ3v) is 4.72. The Labute approximate surface area is 135 Å². The maximum Gasteiger partial charge on any atom is 0.287 e. The largest absolute Gasteiger partial charge is 0.366 e. The number of nitriles is 1. The molecule has 2 fully saturated rings. The molecule has 1 aromatic carbocycles. The molecular weight excluding hydrogens is 294 g/mol. The topological polar surface area (TPSA) is 79.4 Å². The molecule has 6 nitrogen and oxygen atoms in total. The lowest BCUT2D eigenvalue weighted by Gasteiger charge is -2.49. The minimum atomic E-state index is -0.510. The summed E-state index contributed by atoms with van der Waals surface area (Å²) in [7, 11) is 0. The Morgan fingerprint density at radius 1 is 1.30 bits per heavy atom. The number of rotatable bonds is 2. The molecule has 0 unspecified atom stereocenters. The molecule has 1 saturated carbocycles. The van der Waals surface area contributed by atoms with Gasteiger partial charge in [-0.1, -0.05) is 12.8 Å². The van der Waals surface area contributed by atoms with Gasteiger partial charge in [-0.05, 0) is 38.8 Å². The Morgan fingerprint density at radius 3 is 2.61 bits per heavy atom. The van der Waals surface area contributed by atoms with Crippen molar-refractivity contribution in [2.75, 3.05) is 18.0 Å². The lowest BCUT2D eigenvalue weighted by Crippen LogP contribution is -2.58. The summed E-state index contributed by atoms with van der Waals surface area (Å²) in [6.45, 7) is 5.64. The average Bonchev–Trinajstić information content (AvgIpc) is 2.91.